The Balaban J connectivity index is 2.60. The second-order valence-electron chi connectivity index (χ2n) is 4.49. The second-order valence-corrected chi connectivity index (χ2v) is 4.49. The molecule has 4 heteroatoms. The van der Waals surface area contributed by atoms with Crippen molar-refractivity contribution in [1.82, 2.24) is 15.0 Å². The van der Waals surface area contributed by atoms with Crippen molar-refractivity contribution in [3.8, 4) is 0 Å². The lowest BCUT2D eigenvalue weighted by molar-refractivity contribution is 0.631. The lowest BCUT2D eigenvalue weighted by Crippen LogP contribution is -2.17. The first-order chi connectivity index (χ1) is 7.56. The Morgan fingerprint density at radius 3 is 2.88 bits per heavy atom. The maximum atomic E-state index is 11.7. The molecule has 0 spiro atoms. The van der Waals surface area contributed by atoms with Gasteiger partial charge in [0.15, 0.2) is 5.65 Å². The second kappa shape index (κ2) is 4.04. The van der Waals surface area contributed by atoms with Crippen molar-refractivity contribution in [3.05, 3.63) is 33.9 Å². The van der Waals surface area contributed by atoms with Crippen LogP contribution in [0.1, 0.15) is 25.1 Å². The number of hydrogen-bond acceptors (Lipinski definition) is 3. The first-order valence-electron chi connectivity index (χ1n) is 5.42. The predicted octanol–water partition coefficient (Wildman–Crippen LogP) is 1.83. The van der Waals surface area contributed by atoms with Crippen LogP contribution in [0.2, 0.25) is 0 Å². The van der Waals surface area contributed by atoms with Gasteiger partial charge in [-0.05, 0) is 30.9 Å². The highest BCUT2D eigenvalue weighted by molar-refractivity contribution is 5.69. The first kappa shape index (κ1) is 10.8. The molecule has 0 atom stereocenters. The molecule has 84 valence electrons. The van der Waals surface area contributed by atoms with E-state index in [0.717, 1.165) is 11.1 Å². The minimum absolute atomic E-state index is 0.127. The maximum Gasteiger partial charge on any atom is 0.271 e. The maximum absolute atomic E-state index is 11.7. The van der Waals surface area contributed by atoms with Crippen LogP contribution in [-0.2, 0) is 6.42 Å². The summed E-state index contributed by atoms with van der Waals surface area (Å²) in [5.74, 6) is 0.420. The summed E-state index contributed by atoms with van der Waals surface area (Å²) in [5.41, 5.74) is 2.83. The van der Waals surface area contributed by atoms with E-state index in [4.69, 9.17) is 0 Å². The summed E-state index contributed by atoms with van der Waals surface area (Å²) < 4.78 is 0. The smallest absolute Gasteiger partial charge is 0.271 e. The molecule has 0 aliphatic heterocycles. The van der Waals surface area contributed by atoms with Crippen molar-refractivity contribution in [2.75, 3.05) is 0 Å². The van der Waals surface area contributed by atoms with Gasteiger partial charge in [-0.25, -0.2) is 9.97 Å². The molecule has 4 nitrogen and oxygen atoms in total. The molecule has 0 amide bonds. The molecule has 16 heavy (non-hydrogen) atoms. The zero-order valence-electron chi connectivity index (χ0n) is 9.74. The summed E-state index contributed by atoms with van der Waals surface area (Å²) in [6.45, 7) is 6.10. The van der Waals surface area contributed by atoms with Crippen molar-refractivity contribution < 1.29 is 0 Å². The summed E-state index contributed by atoms with van der Waals surface area (Å²) >= 11 is 0. The molecule has 0 radical (unpaired) electrons. The monoisotopic (exact) mass is 217 g/mol. The summed E-state index contributed by atoms with van der Waals surface area (Å²) in [4.78, 5) is 23.0. The summed E-state index contributed by atoms with van der Waals surface area (Å²) in [6.07, 6.45) is 2.42. The molecule has 2 aromatic heterocycles. The number of pyridine rings is 1. The van der Waals surface area contributed by atoms with E-state index in [2.05, 4.69) is 28.8 Å². The third kappa shape index (κ3) is 2.10. The Morgan fingerprint density at radius 2 is 2.19 bits per heavy atom. The molecule has 0 aromatic carbocycles. The highest BCUT2D eigenvalue weighted by Gasteiger charge is 2.07. The van der Waals surface area contributed by atoms with Gasteiger partial charge in [0.2, 0.25) is 0 Å². The van der Waals surface area contributed by atoms with Gasteiger partial charge in [-0.1, -0.05) is 13.8 Å². The molecule has 1 N–H and O–H groups in total. The van der Waals surface area contributed by atoms with Crippen molar-refractivity contribution >= 4 is 11.2 Å². The van der Waals surface area contributed by atoms with Crippen LogP contribution in [-0.4, -0.2) is 15.0 Å². The zero-order valence-corrected chi connectivity index (χ0v) is 9.74. The average Bonchev–Trinajstić information content (AvgIpc) is 2.19. The minimum Gasteiger partial charge on any atom is -0.304 e. The van der Waals surface area contributed by atoms with Crippen molar-refractivity contribution in [2.24, 2.45) is 5.92 Å². The molecule has 0 aliphatic rings. The van der Waals surface area contributed by atoms with Crippen molar-refractivity contribution in [3.63, 3.8) is 0 Å². The Morgan fingerprint density at radius 1 is 1.44 bits per heavy atom. The van der Waals surface area contributed by atoms with Crippen LogP contribution in [0.4, 0.5) is 0 Å². The van der Waals surface area contributed by atoms with Crippen molar-refractivity contribution in [2.45, 2.75) is 27.2 Å². The molecule has 0 saturated heterocycles. The largest absolute Gasteiger partial charge is 0.304 e. The van der Waals surface area contributed by atoms with Crippen LogP contribution < -0.4 is 5.56 Å². The van der Waals surface area contributed by atoms with Gasteiger partial charge in [-0.3, -0.25) is 4.79 Å². The van der Waals surface area contributed by atoms with E-state index >= 15 is 0 Å². The third-order valence-corrected chi connectivity index (χ3v) is 2.36. The number of nitrogens with zero attached hydrogens (tertiary/aromatic N) is 2. The number of hydrogen-bond donors (Lipinski definition) is 1. The van der Waals surface area contributed by atoms with Crippen molar-refractivity contribution in [1.29, 1.82) is 0 Å². The number of aromatic amines is 1. The molecular weight excluding hydrogens is 202 g/mol. The SMILES string of the molecule is Cc1cnc2[nH]c(=O)c(CC(C)C)nc2c1. The predicted molar refractivity (Wildman–Crippen MR) is 63.4 cm³/mol. The summed E-state index contributed by atoms with van der Waals surface area (Å²) in [6, 6.07) is 1.93. The van der Waals surface area contributed by atoms with Crippen LogP contribution in [0.25, 0.3) is 11.2 Å². The lowest BCUT2D eigenvalue weighted by Gasteiger charge is -2.04. The van der Waals surface area contributed by atoms with E-state index in [1.165, 1.54) is 0 Å². The van der Waals surface area contributed by atoms with Crippen LogP contribution in [0.5, 0.6) is 0 Å². The van der Waals surface area contributed by atoms with E-state index < -0.39 is 0 Å². The standard InChI is InChI=1S/C12H15N3O/c1-7(2)4-10-12(16)15-11-9(14-10)5-8(3)6-13-11/h5-7H,4H2,1-3H3,(H,13,15,16). The van der Waals surface area contributed by atoms with E-state index in [-0.39, 0.29) is 5.56 Å². The Labute approximate surface area is 93.8 Å². The van der Waals surface area contributed by atoms with E-state index in [0.29, 0.717) is 23.7 Å². The quantitative estimate of drug-likeness (QED) is 0.834. The Hall–Kier alpha value is -1.71. The normalized spacial score (nSPS) is 11.2. The van der Waals surface area contributed by atoms with E-state index in [1.54, 1.807) is 6.20 Å². The number of nitrogens with one attached hydrogen (secondary N) is 1. The first-order valence-corrected chi connectivity index (χ1v) is 5.42. The highest BCUT2D eigenvalue weighted by Crippen LogP contribution is 2.08. The van der Waals surface area contributed by atoms with Gasteiger partial charge in [0.05, 0.1) is 0 Å². The van der Waals surface area contributed by atoms with Gasteiger partial charge in [-0.2, -0.15) is 0 Å². The summed E-state index contributed by atoms with van der Waals surface area (Å²) in [5, 5.41) is 0. The molecule has 2 aromatic rings. The number of aryl methyl sites for hydroxylation is 1. The Kier molecular flexibility index (Phi) is 2.73. The number of rotatable bonds is 2. The molecule has 0 saturated carbocycles. The number of aromatic nitrogens is 3. The topological polar surface area (TPSA) is 58.6 Å². The van der Waals surface area contributed by atoms with Crippen LogP contribution in [0.15, 0.2) is 17.1 Å². The van der Waals surface area contributed by atoms with E-state index in [1.807, 2.05) is 13.0 Å². The molecular formula is C12H15N3O. The molecule has 0 fully saturated rings. The molecule has 2 rings (SSSR count). The van der Waals surface area contributed by atoms with Gasteiger partial charge in [0, 0.05) is 6.20 Å². The van der Waals surface area contributed by atoms with Gasteiger partial charge in [0.1, 0.15) is 11.2 Å². The Bertz CT molecular complexity index is 572. The molecule has 0 unspecified atom stereocenters. The van der Waals surface area contributed by atoms with E-state index in [9.17, 15) is 4.79 Å². The number of H-pyrrole nitrogens is 1. The van der Waals surface area contributed by atoms with Crippen LogP contribution in [0, 0.1) is 12.8 Å². The van der Waals surface area contributed by atoms with Gasteiger partial charge < -0.3 is 4.98 Å². The highest BCUT2D eigenvalue weighted by atomic mass is 16.1. The lowest BCUT2D eigenvalue weighted by atomic mass is 10.1. The zero-order chi connectivity index (χ0) is 11.7. The molecule has 0 bridgehead atoms. The van der Waals surface area contributed by atoms with Gasteiger partial charge in [-0.15, -0.1) is 0 Å². The average molecular weight is 217 g/mol. The molecule has 2 heterocycles. The van der Waals surface area contributed by atoms with Crippen LogP contribution >= 0.6 is 0 Å². The van der Waals surface area contributed by atoms with Crippen LogP contribution in [0.3, 0.4) is 0 Å². The third-order valence-electron chi connectivity index (χ3n) is 2.36. The fraction of sp³-hybridized carbons (Fsp3) is 0.417. The number of fused-ring (bicyclic) bond motifs is 1. The fourth-order valence-electron chi connectivity index (χ4n) is 1.64. The molecule has 0 aliphatic carbocycles. The van der Waals surface area contributed by atoms with Gasteiger partial charge >= 0.3 is 0 Å². The van der Waals surface area contributed by atoms with Gasteiger partial charge in [0.25, 0.3) is 5.56 Å². The summed E-state index contributed by atoms with van der Waals surface area (Å²) in [7, 11) is 0. The fourth-order valence-corrected chi connectivity index (χ4v) is 1.64. The minimum atomic E-state index is -0.127.